The second kappa shape index (κ2) is 7.82. The second-order valence-corrected chi connectivity index (χ2v) is 4.24. The first-order chi connectivity index (χ1) is 8.63. The lowest BCUT2D eigenvalue weighted by molar-refractivity contribution is -0.143. The van der Waals surface area contributed by atoms with Gasteiger partial charge in [0.1, 0.15) is 0 Å². The Balaban J connectivity index is 2.13. The molecular weight excluding hydrogens is 232 g/mol. The maximum atomic E-state index is 11.4. The summed E-state index contributed by atoms with van der Waals surface area (Å²) >= 11 is 0. The second-order valence-electron chi connectivity index (χ2n) is 4.24. The molecule has 0 aromatic rings. The van der Waals surface area contributed by atoms with Crippen LogP contribution in [-0.4, -0.2) is 29.6 Å². The first kappa shape index (κ1) is 14.6. The third-order valence-electron chi connectivity index (χ3n) is 2.71. The quantitative estimate of drug-likeness (QED) is 0.555. The van der Waals surface area contributed by atoms with Crippen molar-refractivity contribution in [3.8, 4) is 0 Å². The molecule has 0 fully saturated rings. The Labute approximate surface area is 107 Å². The standard InChI is InChI=1S/C14H20O4/c1-2-18-14(17)8-6-4-3-5-7-11-9-12(15)10-13(11)16/h3-4,9,12,15H,2,5-8,10H2,1H3/b4-3-/t12-/m0/s1. The van der Waals surface area contributed by atoms with Crippen molar-refractivity contribution in [3.63, 3.8) is 0 Å². The minimum atomic E-state index is -0.597. The van der Waals surface area contributed by atoms with E-state index in [2.05, 4.69) is 0 Å². The summed E-state index contributed by atoms with van der Waals surface area (Å²) in [5.74, 6) is -0.138. The van der Waals surface area contributed by atoms with Crippen LogP contribution in [0.4, 0.5) is 0 Å². The molecule has 4 heteroatoms. The predicted octanol–water partition coefficient (Wildman–Crippen LogP) is 1.93. The summed E-state index contributed by atoms with van der Waals surface area (Å²) in [5, 5.41) is 9.26. The maximum absolute atomic E-state index is 11.4. The number of ether oxygens (including phenoxy) is 1. The monoisotopic (exact) mass is 252 g/mol. The SMILES string of the molecule is CCOC(=O)CC/C=C\CCC1=C[C@H](O)CC1=O. The van der Waals surface area contributed by atoms with E-state index in [1.165, 1.54) is 0 Å². The van der Waals surface area contributed by atoms with E-state index in [-0.39, 0.29) is 18.2 Å². The molecule has 1 aliphatic carbocycles. The van der Waals surface area contributed by atoms with Crippen LogP contribution in [0.15, 0.2) is 23.8 Å². The molecule has 0 spiro atoms. The van der Waals surface area contributed by atoms with Gasteiger partial charge < -0.3 is 9.84 Å². The van der Waals surface area contributed by atoms with Crippen molar-refractivity contribution in [1.82, 2.24) is 0 Å². The number of esters is 1. The first-order valence-electron chi connectivity index (χ1n) is 6.36. The highest BCUT2D eigenvalue weighted by molar-refractivity contribution is 5.98. The number of hydrogen-bond donors (Lipinski definition) is 1. The van der Waals surface area contributed by atoms with Gasteiger partial charge in [-0.25, -0.2) is 0 Å². The van der Waals surface area contributed by atoms with E-state index >= 15 is 0 Å². The number of carbonyl (C=O) groups excluding carboxylic acids is 2. The van der Waals surface area contributed by atoms with Crippen molar-refractivity contribution >= 4 is 11.8 Å². The zero-order valence-electron chi connectivity index (χ0n) is 10.7. The van der Waals surface area contributed by atoms with Crippen LogP contribution in [0.25, 0.3) is 0 Å². The lowest BCUT2D eigenvalue weighted by Gasteiger charge is -1.98. The Bertz CT molecular complexity index is 355. The van der Waals surface area contributed by atoms with Crippen LogP contribution < -0.4 is 0 Å². The van der Waals surface area contributed by atoms with Gasteiger partial charge in [-0.15, -0.1) is 0 Å². The third-order valence-corrected chi connectivity index (χ3v) is 2.71. The Hall–Kier alpha value is -1.42. The molecule has 100 valence electrons. The van der Waals surface area contributed by atoms with Gasteiger partial charge in [0.25, 0.3) is 0 Å². The van der Waals surface area contributed by atoms with Gasteiger partial charge in [-0.3, -0.25) is 9.59 Å². The van der Waals surface area contributed by atoms with Crippen LogP contribution in [0.5, 0.6) is 0 Å². The summed E-state index contributed by atoms with van der Waals surface area (Å²) in [5.41, 5.74) is 0.720. The van der Waals surface area contributed by atoms with Gasteiger partial charge >= 0.3 is 5.97 Å². The molecule has 0 saturated heterocycles. The molecular formula is C14H20O4. The molecule has 1 atom stereocenters. The van der Waals surface area contributed by atoms with Crippen LogP contribution in [0, 0.1) is 0 Å². The Morgan fingerprint density at radius 1 is 1.50 bits per heavy atom. The fourth-order valence-electron chi connectivity index (χ4n) is 1.84. The normalized spacial score (nSPS) is 19.3. The molecule has 0 saturated carbocycles. The number of ketones is 1. The summed E-state index contributed by atoms with van der Waals surface area (Å²) in [4.78, 5) is 22.4. The van der Waals surface area contributed by atoms with Gasteiger partial charge in [0.15, 0.2) is 5.78 Å². The van der Waals surface area contributed by atoms with Gasteiger partial charge in [0, 0.05) is 12.8 Å². The molecule has 0 heterocycles. The van der Waals surface area contributed by atoms with Crippen molar-refractivity contribution in [2.45, 2.75) is 45.1 Å². The average molecular weight is 252 g/mol. The summed E-state index contributed by atoms with van der Waals surface area (Å²) in [6.45, 7) is 2.20. The van der Waals surface area contributed by atoms with Gasteiger partial charge in [-0.05, 0) is 37.8 Å². The molecule has 0 aromatic carbocycles. The highest BCUT2D eigenvalue weighted by Gasteiger charge is 2.20. The van der Waals surface area contributed by atoms with E-state index in [0.29, 0.717) is 25.9 Å². The molecule has 4 nitrogen and oxygen atoms in total. The minimum Gasteiger partial charge on any atom is -0.466 e. The smallest absolute Gasteiger partial charge is 0.306 e. The lowest BCUT2D eigenvalue weighted by Crippen LogP contribution is -2.02. The number of rotatable bonds is 7. The van der Waals surface area contributed by atoms with E-state index in [4.69, 9.17) is 4.74 Å². The number of Topliss-reactive ketones (excluding diaryl/α,β-unsaturated/α-hetero) is 1. The van der Waals surface area contributed by atoms with Gasteiger partial charge in [-0.1, -0.05) is 12.2 Å². The fourth-order valence-corrected chi connectivity index (χ4v) is 1.84. The van der Waals surface area contributed by atoms with E-state index in [1.807, 2.05) is 12.2 Å². The Kier molecular flexibility index (Phi) is 6.36. The van der Waals surface area contributed by atoms with Crippen LogP contribution in [-0.2, 0) is 14.3 Å². The molecule has 1 N–H and O–H groups in total. The fraction of sp³-hybridized carbons (Fsp3) is 0.571. The van der Waals surface area contributed by atoms with E-state index in [9.17, 15) is 14.7 Å². The van der Waals surface area contributed by atoms with Crippen molar-refractivity contribution in [3.05, 3.63) is 23.8 Å². The van der Waals surface area contributed by atoms with Gasteiger partial charge in [-0.2, -0.15) is 0 Å². The number of allylic oxidation sites excluding steroid dienone is 3. The summed E-state index contributed by atoms with van der Waals surface area (Å²) in [7, 11) is 0. The average Bonchev–Trinajstić information content (AvgIpc) is 2.62. The highest BCUT2D eigenvalue weighted by Crippen LogP contribution is 2.19. The van der Waals surface area contributed by atoms with Crippen molar-refractivity contribution in [2.75, 3.05) is 6.61 Å². The number of carbonyl (C=O) groups is 2. The zero-order chi connectivity index (χ0) is 13.4. The summed E-state index contributed by atoms with van der Waals surface area (Å²) < 4.78 is 4.80. The lowest BCUT2D eigenvalue weighted by atomic mass is 10.1. The Morgan fingerprint density at radius 3 is 2.83 bits per heavy atom. The van der Waals surface area contributed by atoms with Gasteiger partial charge in [0.05, 0.1) is 12.7 Å². The van der Waals surface area contributed by atoms with Crippen LogP contribution >= 0.6 is 0 Å². The molecule has 1 aliphatic rings. The van der Waals surface area contributed by atoms with Crippen molar-refractivity contribution < 1.29 is 19.4 Å². The minimum absolute atomic E-state index is 0.0439. The topological polar surface area (TPSA) is 63.6 Å². The first-order valence-corrected chi connectivity index (χ1v) is 6.36. The molecule has 0 bridgehead atoms. The molecule has 0 unspecified atom stereocenters. The van der Waals surface area contributed by atoms with E-state index in [0.717, 1.165) is 12.0 Å². The van der Waals surface area contributed by atoms with Crippen LogP contribution in [0.3, 0.4) is 0 Å². The molecule has 18 heavy (non-hydrogen) atoms. The van der Waals surface area contributed by atoms with Crippen molar-refractivity contribution in [2.24, 2.45) is 0 Å². The predicted molar refractivity (Wildman–Crippen MR) is 68.0 cm³/mol. The van der Waals surface area contributed by atoms with Crippen molar-refractivity contribution in [1.29, 1.82) is 0 Å². The number of hydrogen-bond acceptors (Lipinski definition) is 4. The summed E-state index contributed by atoms with van der Waals surface area (Å²) in [6.07, 6.45) is 7.61. The Morgan fingerprint density at radius 2 is 2.22 bits per heavy atom. The molecule has 0 aromatic heterocycles. The molecule has 0 aliphatic heterocycles. The largest absolute Gasteiger partial charge is 0.466 e. The maximum Gasteiger partial charge on any atom is 0.306 e. The highest BCUT2D eigenvalue weighted by atomic mass is 16.5. The van der Waals surface area contributed by atoms with Crippen LogP contribution in [0.2, 0.25) is 0 Å². The number of aliphatic hydroxyl groups is 1. The zero-order valence-corrected chi connectivity index (χ0v) is 10.7. The molecule has 1 rings (SSSR count). The van der Waals surface area contributed by atoms with E-state index < -0.39 is 6.10 Å². The number of aliphatic hydroxyl groups excluding tert-OH is 1. The summed E-state index contributed by atoms with van der Waals surface area (Å²) in [6, 6.07) is 0. The van der Waals surface area contributed by atoms with Gasteiger partial charge in [0.2, 0.25) is 0 Å². The molecule has 0 radical (unpaired) electrons. The van der Waals surface area contributed by atoms with Crippen LogP contribution in [0.1, 0.15) is 39.0 Å². The third kappa shape index (κ3) is 5.27. The molecule has 0 amide bonds. The van der Waals surface area contributed by atoms with E-state index in [1.54, 1.807) is 13.0 Å².